The molecule has 0 atom stereocenters. The Morgan fingerprint density at radius 1 is 1.19 bits per heavy atom. The summed E-state index contributed by atoms with van der Waals surface area (Å²) in [4.78, 5) is 14.2. The molecule has 86 valence electrons. The Bertz CT molecular complexity index is 375. The van der Waals surface area contributed by atoms with Gasteiger partial charge in [-0.05, 0) is 25.0 Å². The van der Waals surface area contributed by atoms with Crippen LogP contribution in [0.1, 0.15) is 21.5 Å². The van der Waals surface area contributed by atoms with E-state index in [2.05, 4.69) is 0 Å². The van der Waals surface area contributed by atoms with Crippen LogP contribution in [0.15, 0.2) is 18.2 Å². The molecule has 0 aliphatic carbocycles. The Balaban J connectivity index is 2.26. The maximum absolute atomic E-state index is 12.3. The van der Waals surface area contributed by atoms with E-state index in [4.69, 9.17) is 4.74 Å². The van der Waals surface area contributed by atoms with Gasteiger partial charge in [0.05, 0.1) is 13.2 Å². The van der Waals surface area contributed by atoms with Crippen LogP contribution in [0.5, 0.6) is 0 Å². The molecule has 0 unspecified atom stereocenters. The first-order chi connectivity index (χ1) is 7.70. The van der Waals surface area contributed by atoms with Gasteiger partial charge in [-0.2, -0.15) is 0 Å². The first-order valence-electron chi connectivity index (χ1n) is 5.63. The van der Waals surface area contributed by atoms with Crippen LogP contribution in [0.2, 0.25) is 0 Å². The number of rotatable bonds is 1. The third kappa shape index (κ3) is 2.09. The number of carbonyl (C=O) groups excluding carboxylic acids is 1. The minimum Gasteiger partial charge on any atom is -0.378 e. The molecule has 1 aromatic carbocycles. The van der Waals surface area contributed by atoms with Crippen molar-refractivity contribution in [2.45, 2.75) is 13.8 Å². The number of nitrogens with zero attached hydrogens (tertiary/aromatic N) is 1. The number of ether oxygens (including phenoxy) is 1. The van der Waals surface area contributed by atoms with Gasteiger partial charge in [-0.3, -0.25) is 4.79 Å². The van der Waals surface area contributed by atoms with Gasteiger partial charge in [0.2, 0.25) is 0 Å². The van der Waals surface area contributed by atoms with Gasteiger partial charge < -0.3 is 9.64 Å². The Hall–Kier alpha value is -1.35. The van der Waals surface area contributed by atoms with Crippen LogP contribution in [0.4, 0.5) is 0 Å². The summed E-state index contributed by atoms with van der Waals surface area (Å²) >= 11 is 0. The average molecular weight is 219 g/mol. The summed E-state index contributed by atoms with van der Waals surface area (Å²) in [5, 5.41) is 0. The number of aryl methyl sites for hydroxylation is 2. The number of benzene rings is 1. The summed E-state index contributed by atoms with van der Waals surface area (Å²) in [5.41, 5.74) is 2.96. The Morgan fingerprint density at radius 3 is 2.31 bits per heavy atom. The van der Waals surface area contributed by atoms with Crippen LogP contribution in [-0.2, 0) is 4.74 Å². The van der Waals surface area contributed by atoms with Gasteiger partial charge in [-0.25, -0.2) is 0 Å². The fourth-order valence-corrected chi connectivity index (χ4v) is 2.08. The van der Waals surface area contributed by atoms with Crippen molar-refractivity contribution in [2.75, 3.05) is 26.3 Å². The zero-order valence-corrected chi connectivity index (χ0v) is 9.82. The molecule has 0 N–H and O–H groups in total. The molecule has 3 nitrogen and oxygen atoms in total. The first kappa shape index (κ1) is 11.1. The Kier molecular flexibility index (Phi) is 3.25. The van der Waals surface area contributed by atoms with E-state index in [1.54, 1.807) is 0 Å². The van der Waals surface area contributed by atoms with E-state index >= 15 is 0 Å². The zero-order valence-electron chi connectivity index (χ0n) is 9.82. The molecule has 1 heterocycles. The number of hydrogen-bond acceptors (Lipinski definition) is 2. The molecule has 0 saturated carbocycles. The summed E-state index contributed by atoms with van der Waals surface area (Å²) in [5.74, 6) is 0.138. The maximum atomic E-state index is 12.3. The van der Waals surface area contributed by atoms with Crippen molar-refractivity contribution in [1.29, 1.82) is 0 Å². The first-order valence-corrected chi connectivity index (χ1v) is 5.63. The highest BCUT2D eigenvalue weighted by molar-refractivity contribution is 5.97. The summed E-state index contributed by atoms with van der Waals surface area (Å²) in [6.45, 7) is 6.67. The van der Waals surface area contributed by atoms with Crippen molar-refractivity contribution < 1.29 is 9.53 Å². The van der Waals surface area contributed by atoms with E-state index in [1.165, 1.54) is 0 Å². The number of hydrogen-bond donors (Lipinski definition) is 0. The van der Waals surface area contributed by atoms with Gasteiger partial charge in [-0.1, -0.05) is 18.2 Å². The lowest BCUT2D eigenvalue weighted by Crippen LogP contribution is -2.41. The van der Waals surface area contributed by atoms with Crippen LogP contribution in [0, 0.1) is 13.8 Å². The normalized spacial score (nSPS) is 16.2. The maximum Gasteiger partial charge on any atom is 0.254 e. The molecule has 1 amide bonds. The summed E-state index contributed by atoms with van der Waals surface area (Å²) in [7, 11) is 0. The molecule has 2 rings (SSSR count). The van der Waals surface area contributed by atoms with Gasteiger partial charge in [0.15, 0.2) is 0 Å². The number of amides is 1. The monoisotopic (exact) mass is 219 g/mol. The molecule has 1 aliphatic heterocycles. The summed E-state index contributed by atoms with van der Waals surface area (Å²) in [6.07, 6.45) is 0. The van der Waals surface area contributed by atoms with Crippen LogP contribution in [0.3, 0.4) is 0 Å². The number of carbonyl (C=O) groups is 1. The van der Waals surface area contributed by atoms with Crippen molar-refractivity contribution >= 4 is 5.91 Å². The van der Waals surface area contributed by atoms with E-state index in [0.717, 1.165) is 16.7 Å². The zero-order chi connectivity index (χ0) is 11.5. The lowest BCUT2D eigenvalue weighted by Gasteiger charge is -2.28. The van der Waals surface area contributed by atoms with Gasteiger partial charge in [0.1, 0.15) is 0 Å². The molecular formula is C13H17NO2. The molecule has 0 radical (unpaired) electrons. The van der Waals surface area contributed by atoms with Gasteiger partial charge >= 0.3 is 0 Å². The largest absolute Gasteiger partial charge is 0.378 e. The van der Waals surface area contributed by atoms with E-state index < -0.39 is 0 Å². The molecule has 1 saturated heterocycles. The molecule has 1 aliphatic rings. The molecule has 0 bridgehead atoms. The predicted molar refractivity (Wildman–Crippen MR) is 62.6 cm³/mol. The van der Waals surface area contributed by atoms with Crippen LogP contribution in [0.25, 0.3) is 0 Å². The molecular weight excluding hydrogens is 202 g/mol. The number of morpholine rings is 1. The second-order valence-electron chi connectivity index (χ2n) is 4.17. The molecule has 16 heavy (non-hydrogen) atoms. The van der Waals surface area contributed by atoms with Crippen LogP contribution >= 0.6 is 0 Å². The van der Waals surface area contributed by atoms with E-state index in [1.807, 2.05) is 36.9 Å². The van der Waals surface area contributed by atoms with E-state index in [-0.39, 0.29) is 5.91 Å². The van der Waals surface area contributed by atoms with Crippen LogP contribution < -0.4 is 0 Å². The SMILES string of the molecule is Cc1cccc(C)c1C(=O)N1CCOCC1. The Labute approximate surface area is 96.0 Å². The average Bonchev–Trinajstić information content (AvgIpc) is 2.30. The molecule has 1 aromatic rings. The third-order valence-electron chi connectivity index (χ3n) is 2.99. The quantitative estimate of drug-likeness (QED) is 0.720. The van der Waals surface area contributed by atoms with Crippen molar-refractivity contribution in [3.8, 4) is 0 Å². The van der Waals surface area contributed by atoms with Crippen molar-refractivity contribution in [2.24, 2.45) is 0 Å². The highest BCUT2D eigenvalue weighted by atomic mass is 16.5. The highest BCUT2D eigenvalue weighted by Gasteiger charge is 2.21. The minimum atomic E-state index is 0.138. The summed E-state index contributed by atoms with van der Waals surface area (Å²) in [6, 6.07) is 5.96. The van der Waals surface area contributed by atoms with E-state index in [9.17, 15) is 4.79 Å². The highest BCUT2D eigenvalue weighted by Crippen LogP contribution is 2.16. The van der Waals surface area contributed by atoms with Crippen molar-refractivity contribution in [3.05, 3.63) is 34.9 Å². The minimum absolute atomic E-state index is 0.138. The third-order valence-corrected chi connectivity index (χ3v) is 2.99. The fourth-order valence-electron chi connectivity index (χ4n) is 2.08. The fraction of sp³-hybridized carbons (Fsp3) is 0.462. The molecule has 1 fully saturated rings. The predicted octanol–water partition coefficient (Wildman–Crippen LogP) is 1.78. The Morgan fingerprint density at radius 2 is 1.75 bits per heavy atom. The van der Waals surface area contributed by atoms with Crippen LogP contribution in [-0.4, -0.2) is 37.1 Å². The molecule has 3 heteroatoms. The van der Waals surface area contributed by atoms with Gasteiger partial charge in [0.25, 0.3) is 5.91 Å². The standard InChI is InChI=1S/C13H17NO2/c1-10-4-3-5-11(2)12(10)13(15)14-6-8-16-9-7-14/h3-5H,6-9H2,1-2H3. The van der Waals surface area contributed by atoms with Crippen molar-refractivity contribution in [3.63, 3.8) is 0 Å². The molecule has 0 aromatic heterocycles. The smallest absolute Gasteiger partial charge is 0.254 e. The topological polar surface area (TPSA) is 29.5 Å². The van der Waals surface area contributed by atoms with Gasteiger partial charge in [-0.15, -0.1) is 0 Å². The second-order valence-corrected chi connectivity index (χ2v) is 4.17. The van der Waals surface area contributed by atoms with E-state index in [0.29, 0.717) is 26.3 Å². The lowest BCUT2D eigenvalue weighted by molar-refractivity contribution is 0.0302. The molecule has 0 spiro atoms. The second kappa shape index (κ2) is 4.66. The lowest BCUT2D eigenvalue weighted by atomic mass is 10.0. The van der Waals surface area contributed by atoms with Gasteiger partial charge in [0, 0.05) is 18.7 Å². The van der Waals surface area contributed by atoms with Crippen molar-refractivity contribution in [1.82, 2.24) is 4.90 Å². The summed E-state index contributed by atoms with van der Waals surface area (Å²) < 4.78 is 5.25.